The van der Waals surface area contributed by atoms with Gasteiger partial charge in [0, 0.05) is 17.2 Å². The van der Waals surface area contributed by atoms with Gasteiger partial charge in [-0.1, -0.05) is 17.7 Å². The van der Waals surface area contributed by atoms with Crippen molar-refractivity contribution < 1.29 is 29.3 Å². The highest BCUT2D eigenvalue weighted by Crippen LogP contribution is 2.41. The molecule has 0 spiro atoms. The number of halogens is 1. The van der Waals surface area contributed by atoms with Crippen LogP contribution in [0.15, 0.2) is 48.5 Å². The van der Waals surface area contributed by atoms with E-state index < -0.39 is 11.6 Å². The van der Waals surface area contributed by atoms with Gasteiger partial charge in [-0.2, -0.15) is 0 Å². The van der Waals surface area contributed by atoms with Crippen LogP contribution in [0.25, 0.3) is 0 Å². The molecule has 140 valence electrons. The number of rotatable bonds is 3. The molecule has 28 heavy (non-hydrogen) atoms. The molecular formula is C21H13ClO6. The van der Waals surface area contributed by atoms with Crippen LogP contribution < -0.4 is 9.47 Å². The Morgan fingerprint density at radius 2 is 1.39 bits per heavy atom. The van der Waals surface area contributed by atoms with E-state index in [0.717, 1.165) is 12.1 Å². The van der Waals surface area contributed by atoms with E-state index in [2.05, 4.69) is 0 Å². The molecule has 0 fully saturated rings. The van der Waals surface area contributed by atoms with Crippen LogP contribution in [0.1, 0.15) is 31.8 Å². The molecule has 0 heterocycles. The summed E-state index contributed by atoms with van der Waals surface area (Å²) in [6, 6.07) is 11.8. The van der Waals surface area contributed by atoms with Gasteiger partial charge in [0.15, 0.2) is 11.6 Å². The van der Waals surface area contributed by atoms with Crippen LogP contribution >= 0.6 is 11.6 Å². The Labute approximate surface area is 164 Å². The van der Waals surface area contributed by atoms with Crippen molar-refractivity contribution in [3.63, 3.8) is 0 Å². The molecule has 3 aromatic rings. The van der Waals surface area contributed by atoms with Crippen molar-refractivity contribution in [2.24, 2.45) is 0 Å². The van der Waals surface area contributed by atoms with Gasteiger partial charge in [0.25, 0.3) is 0 Å². The number of benzene rings is 3. The fourth-order valence-electron chi connectivity index (χ4n) is 3.11. The van der Waals surface area contributed by atoms with Crippen LogP contribution in [0.4, 0.5) is 0 Å². The summed E-state index contributed by atoms with van der Waals surface area (Å²) in [5.74, 6) is -0.814. The molecule has 0 aromatic heterocycles. The maximum atomic E-state index is 12.9. The van der Waals surface area contributed by atoms with E-state index in [1.165, 1.54) is 19.2 Å². The summed E-state index contributed by atoms with van der Waals surface area (Å²) in [6.07, 6.45) is 0. The Morgan fingerprint density at radius 3 is 2.00 bits per heavy atom. The molecule has 7 heteroatoms. The standard InChI is InChI=1S/C21H13ClO6/c1-27-10-3-2-4-11(7-10)28-17-9-13-12(8-14(17)22)20(25)18-15(23)5-6-16(24)19(18)21(13)26/h2-9,23-24H,1H3. The average Bonchev–Trinajstić information content (AvgIpc) is 2.69. The largest absolute Gasteiger partial charge is 0.507 e. The monoisotopic (exact) mass is 396 g/mol. The first-order chi connectivity index (χ1) is 13.4. The first-order valence-electron chi connectivity index (χ1n) is 8.20. The van der Waals surface area contributed by atoms with Crippen molar-refractivity contribution in [3.8, 4) is 28.7 Å². The zero-order chi connectivity index (χ0) is 20.0. The first-order valence-corrected chi connectivity index (χ1v) is 8.58. The number of aromatic hydroxyl groups is 2. The van der Waals surface area contributed by atoms with Gasteiger partial charge in [-0.05, 0) is 36.4 Å². The lowest BCUT2D eigenvalue weighted by Crippen LogP contribution is -2.21. The molecule has 0 bridgehead atoms. The molecule has 0 aliphatic heterocycles. The summed E-state index contributed by atoms with van der Waals surface area (Å²) in [6.45, 7) is 0. The summed E-state index contributed by atoms with van der Waals surface area (Å²) in [7, 11) is 1.52. The molecule has 1 aliphatic rings. The summed E-state index contributed by atoms with van der Waals surface area (Å²) in [5.41, 5.74) is -0.427. The lowest BCUT2D eigenvalue weighted by atomic mass is 9.83. The van der Waals surface area contributed by atoms with E-state index in [4.69, 9.17) is 21.1 Å². The minimum absolute atomic E-state index is 0.0284. The number of carbonyl (C=O) groups is 2. The zero-order valence-corrected chi connectivity index (χ0v) is 15.3. The Bertz CT molecular complexity index is 1150. The van der Waals surface area contributed by atoms with Gasteiger partial charge < -0.3 is 19.7 Å². The van der Waals surface area contributed by atoms with Gasteiger partial charge in [-0.25, -0.2) is 0 Å². The number of phenolic OH excluding ortho intramolecular Hbond substituents is 2. The second kappa shape index (κ2) is 6.58. The molecule has 4 rings (SSSR count). The topological polar surface area (TPSA) is 93.1 Å². The van der Waals surface area contributed by atoms with Gasteiger partial charge in [0.2, 0.25) is 0 Å². The lowest BCUT2D eigenvalue weighted by molar-refractivity contribution is 0.0974. The Balaban J connectivity index is 1.82. The Hall–Kier alpha value is -3.51. The molecule has 0 atom stereocenters. The highest BCUT2D eigenvalue weighted by molar-refractivity contribution is 6.35. The van der Waals surface area contributed by atoms with Crippen LogP contribution in [0.2, 0.25) is 5.02 Å². The lowest BCUT2D eigenvalue weighted by Gasteiger charge is -2.20. The first kappa shape index (κ1) is 17.9. The number of carbonyl (C=O) groups excluding carboxylic acids is 2. The minimum Gasteiger partial charge on any atom is -0.507 e. The third-order valence-electron chi connectivity index (χ3n) is 4.45. The van der Waals surface area contributed by atoms with E-state index in [9.17, 15) is 19.8 Å². The third kappa shape index (κ3) is 2.75. The van der Waals surface area contributed by atoms with Gasteiger partial charge in [0.1, 0.15) is 28.7 Å². The van der Waals surface area contributed by atoms with Crippen LogP contribution in [0.5, 0.6) is 28.7 Å². The normalized spacial score (nSPS) is 12.4. The number of hydrogen-bond acceptors (Lipinski definition) is 6. The Kier molecular flexibility index (Phi) is 4.20. The summed E-state index contributed by atoms with van der Waals surface area (Å²) in [5, 5.41) is 20.2. The smallest absolute Gasteiger partial charge is 0.198 e. The molecule has 0 saturated heterocycles. The Morgan fingerprint density at radius 1 is 0.821 bits per heavy atom. The number of phenols is 2. The van der Waals surface area contributed by atoms with Crippen molar-refractivity contribution in [1.82, 2.24) is 0 Å². The highest BCUT2D eigenvalue weighted by atomic mass is 35.5. The SMILES string of the molecule is COc1cccc(Oc2cc3c(cc2Cl)C(=O)c2c(O)ccc(O)c2C3=O)c1. The third-order valence-corrected chi connectivity index (χ3v) is 4.74. The fraction of sp³-hybridized carbons (Fsp3) is 0.0476. The molecule has 0 unspecified atom stereocenters. The van der Waals surface area contributed by atoms with Gasteiger partial charge in [-0.15, -0.1) is 0 Å². The van der Waals surface area contributed by atoms with Gasteiger partial charge >= 0.3 is 0 Å². The number of ketones is 2. The van der Waals surface area contributed by atoms with Gasteiger partial charge in [-0.3, -0.25) is 9.59 Å². The molecule has 0 radical (unpaired) electrons. The number of methoxy groups -OCH3 is 1. The van der Waals surface area contributed by atoms with E-state index in [1.807, 2.05) is 0 Å². The van der Waals surface area contributed by atoms with Gasteiger partial charge in [0.05, 0.1) is 23.3 Å². The average molecular weight is 397 g/mol. The maximum Gasteiger partial charge on any atom is 0.198 e. The van der Waals surface area contributed by atoms with E-state index in [1.54, 1.807) is 24.3 Å². The molecule has 3 aromatic carbocycles. The zero-order valence-electron chi connectivity index (χ0n) is 14.5. The van der Waals surface area contributed by atoms with E-state index in [0.29, 0.717) is 11.5 Å². The summed E-state index contributed by atoms with van der Waals surface area (Å²) in [4.78, 5) is 25.7. The summed E-state index contributed by atoms with van der Waals surface area (Å²) >= 11 is 6.26. The number of ether oxygens (including phenoxy) is 2. The van der Waals surface area contributed by atoms with Crippen molar-refractivity contribution in [2.75, 3.05) is 7.11 Å². The summed E-state index contributed by atoms with van der Waals surface area (Å²) < 4.78 is 10.9. The second-order valence-electron chi connectivity index (χ2n) is 6.12. The predicted octanol–water partition coefficient (Wildman–Crippen LogP) is 4.33. The minimum atomic E-state index is -0.606. The quantitative estimate of drug-likeness (QED) is 0.501. The van der Waals surface area contributed by atoms with E-state index >= 15 is 0 Å². The second-order valence-corrected chi connectivity index (χ2v) is 6.53. The van der Waals surface area contributed by atoms with Crippen molar-refractivity contribution >= 4 is 23.2 Å². The van der Waals surface area contributed by atoms with Crippen LogP contribution in [-0.2, 0) is 0 Å². The maximum absolute atomic E-state index is 12.9. The molecule has 1 aliphatic carbocycles. The molecular weight excluding hydrogens is 384 g/mol. The van der Waals surface area contributed by atoms with Crippen LogP contribution in [-0.4, -0.2) is 28.9 Å². The predicted molar refractivity (Wildman–Crippen MR) is 101 cm³/mol. The van der Waals surface area contributed by atoms with Crippen molar-refractivity contribution in [3.05, 3.63) is 75.8 Å². The van der Waals surface area contributed by atoms with E-state index in [-0.39, 0.29) is 44.5 Å². The number of fused-ring (bicyclic) bond motifs is 2. The molecule has 2 N–H and O–H groups in total. The number of hydrogen-bond donors (Lipinski definition) is 2. The highest BCUT2D eigenvalue weighted by Gasteiger charge is 2.35. The molecule has 0 saturated carbocycles. The van der Waals surface area contributed by atoms with Crippen molar-refractivity contribution in [2.45, 2.75) is 0 Å². The van der Waals surface area contributed by atoms with Crippen LogP contribution in [0, 0.1) is 0 Å². The molecule has 6 nitrogen and oxygen atoms in total. The van der Waals surface area contributed by atoms with Crippen molar-refractivity contribution in [1.29, 1.82) is 0 Å². The van der Waals surface area contributed by atoms with Crippen LogP contribution in [0.3, 0.4) is 0 Å². The molecule has 0 amide bonds. The fourth-order valence-corrected chi connectivity index (χ4v) is 3.31.